The number of β-lactam (4-membered cyclic amide) rings is 1. The van der Waals surface area contributed by atoms with Crippen LogP contribution in [0, 0.1) is 0 Å². The van der Waals surface area contributed by atoms with E-state index in [0.29, 0.717) is 5.75 Å². The van der Waals surface area contributed by atoms with E-state index in [-0.39, 0.29) is 23.1 Å². The predicted octanol–water partition coefficient (Wildman–Crippen LogP) is 3.61. The Morgan fingerprint density at radius 2 is 1.60 bits per heavy atom. The molecule has 2 atom stereocenters. The highest BCUT2D eigenvalue weighted by Crippen LogP contribution is 2.42. The molecule has 5 rings (SSSR count). The lowest BCUT2D eigenvalue weighted by atomic mass is 10.0. The summed E-state index contributed by atoms with van der Waals surface area (Å²) >= 11 is 1.56. The van der Waals surface area contributed by atoms with E-state index in [2.05, 4.69) is 10.2 Å². The van der Waals surface area contributed by atoms with Gasteiger partial charge in [-0.1, -0.05) is 60.7 Å². The molecule has 8 nitrogen and oxygen atoms in total. The number of amides is 2. The van der Waals surface area contributed by atoms with Gasteiger partial charge in [-0.3, -0.25) is 14.5 Å². The summed E-state index contributed by atoms with van der Waals surface area (Å²) in [6.45, 7) is 3.07. The smallest absolute Gasteiger partial charge is 0.421 e. The highest BCUT2D eigenvalue weighted by molar-refractivity contribution is 8.00. The van der Waals surface area contributed by atoms with Crippen molar-refractivity contribution in [3.05, 3.63) is 83.4 Å². The SMILES string of the molecule is CC(=O)NC1C(=O)N2C(OC(=O)OC(c3ccccc3)c3ccccc3)=C(N3CCCC3)CS[C@@H]12. The Morgan fingerprint density at radius 3 is 2.17 bits per heavy atom. The Labute approximate surface area is 208 Å². The van der Waals surface area contributed by atoms with Crippen LogP contribution in [0.4, 0.5) is 4.79 Å². The van der Waals surface area contributed by atoms with Crippen molar-refractivity contribution in [3.8, 4) is 0 Å². The normalized spacial score (nSPS) is 21.5. The van der Waals surface area contributed by atoms with E-state index in [4.69, 9.17) is 9.47 Å². The van der Waals surface area contributed by atoms with Gasteiger partial charge in [-0.25, -0.2) is 4.79 Å². The van der Waals surface area contributed by atoms with Gasteiger partial charge in [0.25, 0.3) is 5.91 Å². The molecular formula is C26H27N3O5S. The molecule has 2 aromatic carbocycles. The number of thioether (sulfide) groups is 1. The summed E-state index contributed by atoms with van der Waals surface area (Å²) in [5.41, 5.74) is 2.44. The minimum Gasteiger partial charge on any atom is -0.421 e. The number of fused-ring (bicyclic) bond motifs is 1. The summed E-state index contributed by atoms with van der Waals surface area (Å²) in [4.78, 5) is 41.3. The predicted molar refractivity (Wildman–Crippen MR) is 131 cm³/mol. The van der Waals surface area contributed by atoms with Crippen molar-refractivity contribution in [3.63, 3.8) is 0 Å². The van der Waals surface area contributed by atoms with Crippen molar-refractivity contribution >= 4 is 29.7 Å². The number of carbonyl (C=O) groups is 3. The molecule has 2 fully saturated rings. The zero-order valence-corrected chi connectivity index (χ0v) is 20.2. The maximum Gasteiger partial charge on any atom is 0.516 e. The Kier molecular flexibility index (Phi) is 6.68. The third kappa shape index (κ3) is 4.73. The molecule has 35 heavy (non-hydrogen) atoms. The summed E-state index contributed by atoms with van der Waals surface area (Å²) in [6, 6.07) is 18.3. The number of carbonyl (C=O) groups excluding carboxylic acids is 3. The number of nitrogens with zero attached hydrogens (tertiary/aromatic N) is 2. The molecule has 3 heterocycles. The minimum atomic E-state index is -0.879. The third-order valence-corrected chi connectivity index (χ3v) is 7.61. The van der Waals surface area contributed by atoms with E-state index in [1.165, 1.54) is 11.8 Å². The number of nitrogens with one attached hydrogen (secondary N) is 1. The molecular weight excluding hydrogens is 466 g/mol. The van der Waals surface area contributed by atoms with Gasteiger partial charge in [0.15, 0.2) is 6.10 Å². The van der Waals surface area contributed by atoms with Crippen molar-refractivity contribution in [2.45, 2.75) is 37.3 Å². The van der Waals surface area contributed by atoms with E-state index in [1.807, 2.05) is 60.7 Å². The zero-order chi connectivity index (χ0) is 24.4. The maximum absolute atomic E-state index is 13.2. The largest absolute Gasteiger partial charge is 0.516 e. The molecule has 0 aliphatic carbocycles. The van der Waals surface area contributed by atoms with Gasteiger partial charge in [0.1, 0.15) is 11.4 Å². The Morgan fingerprint density at radius 1 is 1.00 bits per heavy atom. The van der Waals surface area contributed by atoms with Gasteiger partial charge in [0.2, 0.25) is 11.8 Å². The van der Waals surface area contributed by atoms with Crippen LogP contribution in [0.5, 0.6) is 0 Å². The number of hydrogen-bond acceptors (Lipinski definition) is 7. The molecule has 0 aromatic heterocycles. The standard InChI is InChI=1S/C26H27N3O5S/c1-17(30)27-21-23(31)29-24(20(16-35-25(21)29)28-14-8-9-15-28)34-26(32)33-22(18-10-4-2-5-11-18)19-12-6-3-7-13-19/h2-7,10-13,21-22,25H,8-9,14-16H2,1H3,(H,27,30)/t21?,25-/m0/s1. The second-order valence-electron chi connectivity index (χ2n) is 8.71. The van der Waals surface area contributed by atoms with Crippen LogP contribution in [0.25, 0.3) is 0 Å². The van der Waals surface area contributed by atoms with Gasteiger partial charge < -0.3 is 19.7 Å². The topological polar surface area (TPSA) is 88.2 Å². The second kappa shape index (κ2) is 10.0. The summed E-state index contributed by atoms with van der Waals surface area (Å²) in [5, 5.41) is 2.38. The molecule has 2 amide bonds. The summed E-state index contributed by atoms with van der Waals surface area (Å²) < 4.78 is 11.6. The van der Waals surface area contributed by atoms with Gasteiger partial charge in [-0.05, 0) is 24.0 Å². The Balaban J connectivity index is 1.41. The molecule has 3 aliphatic rings. The first-order chi connectivity index (χ1) is 17.0. The molecule has 0 bridgehead atoms. The Hall–Kier alpha value is -3.46. The van der Waals surface area contributed by atoms with Gasteiger partial charge in [-0.15, -0.1) is 11.8 Å². The molecule has 182 valence electrons. The fraction of sp³-hybridized carbons (Fsp3) is 0.346. The van der Waals surface area contributed by atoms with Crippen LogP contribution in [-0.2, 0) is 19.1 Å². The first-order valence-corrected chi connectivity index (χ1v) is 12.8. The lowest BCUT2D eigenvalue weighted by Gasteiger charge is -2.49. The molecule has 2 saturated heterocycles. The number of benzene rings is 2. The van der Waals surface area contributed by atoms with E-state index in [0.717, 1.165) is 42.8 Å². The fourth-order valence-corrected chi connectivity index (χ4v) is 6.03. The van der Waals surface area contributed by atoms with Crippen LogP contribution in [0.2, 0.25) is 0 Å². The molecule has 9 heteroatoms. The van der Waals surface area contributed by atoms with Crippen LogP contribution in [0.1, 0.15) is 37.0 Å². The van der Waals surface area contributed by atoms with Crippen LogP contribution >= 0.6 is 11.8 Å². The van der Waals surface area contributed by atoms with Crippen molar-refractivity contribution < 1.29 is 23.9 Å². The molecule has 2 aromatic rings. The van der Waals surface area contributed by atoms with E-state index in [9.17, 15) is 14.4 Å². The average molecular weight is 494 g/mol. The number of ether oxygens (including phenoxy) is 2. The molecule has 0 radical (unpaired) electrons. The van der Waals surface area contributed by atoms with Gasteiger partial charge in [-0.2, -0.15) is 0 Å². The van der Waals surface area contributed by atoms with E-state index < -0.39 is 18.3 Å². The molecule has 0 saturated carbocycles. The number of rotatable bonds is 6. The zero-order valence-electron chi connectivity index (χ0n) is 19.4. The van der Waals surface area contributed by atoms with Crippen molar-refractivity contribution in [2.75, 3.05) is 18.8 Å². The first kappa shape index (κ1) is 23.3. The lowest BCUT2D eigenvalue weighted by Crippen LogP contribution is -2.70. The van der Waals surface area contributed by atoms with Gasteiger partial charge in [0.05, 0.1) is 5.70 Å². The third-order valence-electron chi connectivity index (χ3n) is 6.34. The fourth-order valence-electron chi connectivity index (χ4n) is 4.67. The monoisotopic (exact) mass is 493 g/mol. The van der Waals surface area contributed by atoms with Crippen LogP contribution < -0.4 is 5.32 Å². The lowest BCUT2D eigenvalue weighted by molar-refractivity contribution is -0.149. The molecule has 0 spiro atoms. The second-order valence-corrected chi connectivity index (χ2v) is 9.81. The van der Waals surface area contributed by atoms with Crippen molar-refractivity contribution in [2.24, 2.45) is 0 Å². The molecule has 1 N–H and O–H groups in total. The minimum absolute atomic E-state index is 0.215. The highest BCUT2D eigenvalue weighted by atomic mass is 32.2. The summed E-state index contributed by atoms with van der Waals surface area (Å²) in [5.74, 6) is 0.230. The van der Waals surface area contributed by atoms with Crippen molar-refractivity contribution in [1.82, 2.24) is 15.1 Å². The first-order valence-electron chi connectivity index (χ1n) is 11.7. The number of likely N-dealkylation sites (tertiary alicyclic amines) is 1. The number of hydrogen-bond donors (Lipinski definition) is 1. The maximum atomic E-state index is 13.2. The molecule has 1 unspecified atom stereocenters. The van der Waals surface area contributed by atoms with Gasteiger partial charge >= 0.3 is 6.16 Å². The summed E-state index contributed by atoms with van der Waals surface area (Å²) in [6.07, 6.45) is 0.550. The van der Waals surface area contributed by atoms with E-state index >= 15 is 0 Å². The van der Waals surface area contributed by atoms with Crippen LogP contribution in [0.15, 0.2) is 72.2 Å². The quantitative estimate of drug-likeness (QED) is 0.486. The Bertz CT molecular complexity index is 1090. The van der Waals surface area contributed by atoms with Crippen molar-refractivity contribution in [1.29, 1.82) is 0 Å². The van der Waals surface area contributed by atoms with Crippen LogP contribution in [-0.4, -0.2) is 58.0 Å². The summed E-state index contributed by atoms with van der Waals surface area (Å²) in [7, 11) is 0. The van der Waals surface area contributed by atoms with Gasteiger partial charge in [0, 0.05) is 25.8 Å². The highest BCUT2D eigenvalue weighted by Gasteiger charge is 2.54. The average Bonchev–Trinajstić information content (AvgIpc) is 3.41. The van der Waals surface area contributed by atoms with E-state index in [1.54, 1.807) is 11.8 Å². The molecule has 3 aliphatic heterocycles. The van der Waals surface area contributed by atoms with Crippen LogP contribution in [0.3, 0.4) is 0 Å².